The summed E-state index contributed by atoms with van der Waals surface area (Å²) in [5, 5.41) is 11.6. The van der Waals surface area contributed by atoms with Crippen molar-refractivity contribution < 1.29 is 13.2 Å². The smallest absolute Gasteiger partial charge is 0.271 e. The molecule has 2 rings (SSSR count). The summed E-state index contributed by atoms with van der Waals surface area (Å²) >= 11 is 0.900. The zero-order valence-corrected chi connectivity index (χ0v) is 16.4. The van der Waals surface area contributed by atoms with Crippen molar-refractivity contribution in [1.29, 1.82) is 5.26 Å². The molecule has 0 atom stereocenters. The fraction of sp³-hybridized carbons (Fsp3) is 0.294. The van der Waals surface area contributed by atoms with Gasteiger partial charge >= 0.3 is 0 Å². The second-order valence-electron chi connectivity index (χ2n) is 5.97. The minimum absolute atomic E-state index is 0.0613. The van der Waals surface area contributed by atoms with Gasteiger partial charge in [0.15, 0.2) is 0 Å². The molecule has 0 unspecified atom stereocenters. The third kappa shape index (κ3) is 5.29. The number of anilines is 2. The monoisotopic (exact) mass is 392 g/mol. The lowest BCUT2D eigenvalue weighted by atomic mass is 10.2. The van der Waals surface area contributed by atoms with Crippen molar-refractivity contribution in [3.05, 3.63) is 40.8 Å². The number of hydrogen-bond donors (Lipinski definition) is 2. The Labute approximate surface area is 157 Å². The quantitative estimate of drug-likeness (QED) is 0.754. The van der Waals surface area contributed by atoms with Crippen LogP contribution in [0.5, 0.6) is 0 Å². The molecule has 0 saturated carbocycles. The summed E-state index contributed by atoms with van der Waals surface area (Å²) in [5.74, 6) is -0.140. The molecule has 0 aliphatic rings. The summed E-state index contributed by atoms with van der Waals surface area (Å²) in [4.78, 5) is 14.3. The molecule has 0 fully saturated rings. The summed E-state index contributed by atoms with van der Waals surface area (Å²) < 4.78 is 27.4. The lowest BCUT2D eigenvalue weighted by molar-refractivity contribution is -0.116. The first-order chi connectivity index (χ1) is 12.2. The van der Waals surface area contributed by atoms with E-state index in [-0.39, 0.29) is 10.1 Å². The number of hydrogen-bond acceptors (Lipinski definition) is 6. The number of carbonyl (C=O) groups excluding carboxylic acids is 1. The highest BCUT2D eigenvalue weighted by Gasteiger charge is 2.17. The molecule has 1 heterocycles. The third-order valence-electron chi connectivity index (χ3n) is 3.51. The SMILES string of the molecule is Cc1ccc(NS(=O)(=O)c2ccc(C#N)s2)cc1NC(=O)CCN(C)C. The average molecular weight is 393 g/mol. The maximum Gasteiger partial charge on any atom is 0.271 e. The van der Waals surface area contributed by atoms with Crippen LogP contribution in [0.3, 0.4) is 0 Å². The Kier molecular flexibility index (Phi) is 6.37. The lowest BCUT2D eigenvalue weighted by Gasteiger charge is -2.13. The van der Waals surface area contributed by atoms with Crippen molar-refractivity contribution >= 4 is 38.6 Å². The van der Waals surface area contributed by atoms with E-state index in [0.717, 1.165) is 16.9 Å². The van der Waals surface area contributed by atoms with Crippen molar-refractivity contribution in [2.24, 2.45) is 0 Å². The molecule has 1 aromatic carbocycles. The summed E-state index contributed by atoms with van der Waals surface area (Å²) in [6.07, 6.45) is 0.342. The molecule has 9 heteroatoms. The fourth-order valence-corrected chi connectivity index (χ4v) is 4.24. The first-order valence-corrected chi connectivity index (χ1v) is 10.1. The highest BCUT2D eigenvalue weighted by molar-refractivity contribution is 7.94. The second kappa shape index (κ2) is 8.31. The van der Waals surface area contributed by atoms with Crippen molar-refractivity contribution in [2.75, 3.05) is 30.7 Å². The Hall–Kier alpha value is -2.41. The normalized spacial score (nSPS) is 11.2. The highest BCUT2D eigenvalue weighted by Crippen LogP contribution is 2.26. The van der Waals surface area contributed by atoms with Gasteiger partial charge in [-0.15, -0.1) is 11.3 Å². The predicted molar refractivity (Wildman–Crippen MR) is 103 cm³/mol. The van der Waals surface area contributed by atoms with E-state index in [4.69, 9.17) is 5.26 Å². The molecule has 1 aromatic heterocycles. The van der Waals surface area contributed by atoms with E-state index in [9.17, 15) is 13.2 Å². The Bertz CT molecular complexity index is 943. The molecule has 0 saturated heterocycles. The third-order valence-corrected chi connectivity index (χ3v) is 6.37. The molecule has 0 aliphatic heterocycles. The van der Waals surface area contributed by atoms with Gasteiger partial charge in [-0.3, -0.25) is 9.52 Å². The van der Waals surface area contributed by atoms with Gasteiger partial charge in [0.25, 0.3) is 10.0 Å². The predicted octanol–water partition coefficient (Wildman–Crippen LogP) is 2.62. The standard InChI is InChI=1S/C17H20N4O3S2/c1-12-4-5-13(10-15(12)19-16(22)8-9-21(2)3)20-26(23,24)17-7-6-14(11-18)25-17/h4-7,10,20H,8-9H2,1-3H3,(H,19,22). The summed E-state index contributed by atoms with van der Waals surface area (Å²) in [6.45, 7) is 2.45. The minimum atomic E-state index is -3.78. The highest BCUT2D eigenvalue weighted by atomic mass is 32.2. The van der Waals surface area contributed by atoms with E-state index >= 15 is 0 Å². The van der Waals surface area contributed by atoms with E-state index < -0.39 is 10.0 Å². The minimum Gasteiger partial charge on any atom is -0.326 e. The van der Waals surface area contributed by atoms with E-state index in [2.05, 4.69) is 10.0 Å². The number of amides is 1. The number of sulfonamides is 1. The maximum absolute atomic E-state index is 12.4. The van der Waals surface area contributed by atoms with Gasteiger partial charge in [0, 0.05) is 18.7 Å². The van der Waals surface area contributed by atoms with Crippen LogP contribution < -0.4 is 10.0 Å². The number of thiophene rings is 1. The zero-order valence-electron chi connectivity index (χ0n) is 14.7. The van der Waals surface area contributed by atoms with Crippen LogP contribution in [-0.4, -0.2) is 39.9 Å². The van der Waals surface area contributed by atoms with E-state index in [0.29, 0.717) is 29.2 Å². The number of carbonyl (C=O) groups is 1. The van der Waals surface area contributed by atoms with Gasteiger partial charge in [-0.1, -0.05) is 6.07 Å². The number of nitriles is 1. The van der Waals surface area contributed by atoms with Crippen LogP contribution in [-0.2, 0) is 14.8 Å². The van der Waals surface area contributed by atoms with Gasteiger partial charge < -0.3 is 10.2 Å². The van der Waals surface area contributed by atoms with Gasteiger partial charge in [-0.2, -0.15) is 5.26 Å². The Balaban J connectivity index is 2.16. The fourth-order valence-electron chi connectivity index (χ4n) is 2.09. The molecule has 7 nitrogen and oxygen atoms in total. The van der Waals surface area contributed by atoms with Crippen LogP contribution in [0.1, 0.15) is 16.9 Å². The van der Waals surface area contributed by atoms with Crippen molar-refractivity contribution in [3.8, 4) is 6.07 Å². The first kappa shape index (κ1) is 19.9. The molecular formula is C17H20N4O3S2. The van der Waals surface area contributed by atoms with E-state index in [1.54, 1.807) is 18.2 Å². The number of benzene rings is 1. The van der Waals surface area contributed by atoms with Crippen LogP contribution in [0.4, 0.5) is 11.4 Å². The van der Waals surface area contributed by atoms with Gasteiger partial charge in [-0.25, -0.2) is 8.42 Å². The zero-order chi connectivity index (χ0) is 19.3. The van der Waals surface area contributed by atoms with Crippen LogP contribution in [0.2, 0.25) is 0 Å². The number of aryl methyl sites for hydroxylation is 1. The summed E-state index contributed by atoms with van der Waals surface area (Å²) in [6, 6.07) is 9.71. The maximum atomic E-state index is 12.4. The second-order valence-corrected chi connectivity index (χ2v) is 8.96. The molecule has 26 heavy (non-hydrogen) atoms. The molecular weight excluding hydrogens is 372 g/mol. The molecule has 0 spiro atoms. The Morgan fingerprint density at radius 1 is 1.27 bits per heavy atom. The van der Waals surface area contributed by atoms with Crippen molar-refractivity contribution in [1.82, 2.24) is 4.90 Å². The van der Waals surface area contributed by atoms with Gasteiger partial charge in [0.05, 0.1) is 5.69 Å². The molecule has 138 valence electrons. The topological polar surface area (TPSA) is 102 Å². The van der Waals surface area contributed by atoms with Crippen LogP contribution in [0.15, 0.2) is 34.5 Å². The molecule has 0 bridgehead atoms. The number of rotatable bonds is 7. The van der Waals surface area contributed by atoms with Crippen LogP contribution in [0, 0.1) is 18.3 Å². The Morgan fingerprint density at radius 2 is 2.00 bits per heavy atom. The Morgan fingerprint density at radius 3 is 2.62 bits per heavy atom. The summed E-state index contributed by atoms with van der Waals surface area (Å²) in [7, 11) is -0.0138. The molecule has 0 radical (unpaired) electrons. The largest absolute Gasteiger partial charge is 0.326 e. The van der Waals surface area contributed by atoms with Crippen molar-refractivity contribution in [3.63, 3.8) is 0 Å². The van der Waals surface area contributed by atoms with Crippen LogP contribution in [0.25, 0.3) is 0 Å². The first-order valence-electron chi connectivity index (χ1n) is 7.79. The molecule has 2 N–H and O–H groups in total. The molecule has 2 aromatic rings. The average Bonchev–Trinajstić information content (AvgIpc) is 3.06. The lowest BCUT2D eigenvalue weighted by Crippen LogP contribution is -2.21. The van der Waals surface area contributed by atoms with Gasteiger partial charge in [0.1, 0.15) is 15.2 Å². The molecule has 0 aliphatic carbocycles. The van der Waals surface area contributed by atoms with Gasteiger partial charge in [-0.05, 0) is 50.8 Å². The number of nitrogens with zero attached hydrogens (tertiary/aromatic N) is 2. The van der Waals surface area contributed by atoms with Crippen LogP contribution >= 0.6 is 11.3 Å². The van der Waals surface area contributed by atoms with E-state index in [1.165, 1.54) is 12.1 Å². The van der Waals surface area contributed by atoms with Gasteiger partial charge in [0.2, 0.25) is 5.91 Å². The molecule has 1 amide bonds. The van der Waals surface area contributed by atoms with E-state index in [1.807, 2.05) is 32.0 Å². The number of nitrogens with one attached hydrogen (secondary N) is 2. The van der Waals surface area contributed by atoms with Crippen molar-refractivity contribution in [2.45, 2.75) is 17.6 Å². The summed E-state index contributed by atoms with van der Waals surface area (Å²) in [5.41, 5.74) is 1.72.